The number of piperazine rings is 1. The lowest BCUT2D eigenvalue weighted by molar-refractivity contribution is 0.136. The van der Waals surface area contributed by atoms with E-state index in [2.05, 4.69) is 33.9 Å². The molecule has 28 heavy (non-hydrogen) atoms. The summed E-state index contributed by atoms with van der Waals surface area (Å²) in [5.74, 6) is 0.695. The zero-order valence-electron chi connectivity index (χ0n) is 17.7. The molecule has 2 rings (SSSR count). The van der Waals surface area contributed by atoms with Crippen LogP contribution in [0.1, 0.15) is 32.3 Å². The number of rotatable bonds is 9. The molecule has 0 aliphatic carbocycles. The third-order valence-corrected chi connectivity index (χ3v) is 5.06. The fraction of sp³-hybridized carbons (Fsp3) is 0.667. The van der Waals surface area contributed by atoms with Crippen LogP contribution in [0.4, 0.5) is 4.39 Å². The van der Waals surface area contributed by atoms with Crippen LogP contribution in [0.25, 0.3) is 0 Å². The molecule has 1 aromatic carbocycles. The summed E-state index contributed by atoms with van der Waals surface area (Å²) in [5.41, 5.74) is 0.953. The lowest BCUT2D eigenvalue weighted by atomic mass is 10.2. The molecule has 0 radical (unpaired) electrons. The SMILES string of the molecule is CCNC(=NCCCCN1CCN(CC)CC1)N(C)Cc1cccc(F)c1.I. The first-order valence-electron chi connectivity index (χ1n) is 10.3. The van der Waals surface area contributed by atoms with E-state index in [1.54, 1.807) is 12.1 Å². The van der Waals surface area contributed by atoms with Gasteiger partial charge in [0.25, 0.3) is 0 Å². The molecule has 7 heteroatoms. The van der Waals surface area contributed by atoms with Gasteiger partial charge in [-0.25, -0.2) is 4.39 Å². The number of aliphatic imine (C=N–C) groups is 1. The molecular weight excluding hydrogens is 468 g/mol. The minimum absolute atomic E-state index is 0. The van der Waals surface area contributed by atoms with Gasteiger partial charge in [0.2, 0.25) is 0 Å². The molecule has 0 amide bonds. The molecule has 1 fully saturated rings. The van der Waals surface area contributed by atoms with Gasteiger partial charge < -0.3 is 20.0 Å². The van der Waals surface area contributed by atoms with Crippen molar-refractivity contribution in [1.82, 2.24) is 20.0 Å². The maximum Gasteiger partial charge on any atom is 0.193 e. The first-order valence-corrected chi connectivity index (χ1v) is 10.3. The van der Waals surface area contributed by atoms with Crippen LogP contribution >= 0.6 is 24.0 Å². The molecule has 1 aliphatic heterocycles. The van der Waals surface area contributed by atoms with Crippen molar-refractivity contribution in [2.75, 3.05) is 59.4 Å². The largest absolute Gasteiger partial charge is 0.357 e. The van der Waals surface area contributed by atoms with Crippen molar-refractivity contribution >= 4 is 29.9 Å². The molecule has 0 atom stereocenters. The molecule has 160 valence electrons. The third-order valence-electron chi connectivity index (χ3n) is 5.06. The summed E-state index contributed by atoms with van der Waals surface area (Å²) in [7, 11) is 2.00. The number of unbranched alkanes of at least 4 members (excludes halogenated alkanes) is 1. The van der Waals surface area contributed by atoms with Gasteiger partial charge in [0.15, 0.2) is 5.96 Å². The summed E-state index contributed by atoms with van der Waals surface area (Å²) in [5, 5.41) is 3.34. The number of nitrogens with one attached hydrogen (secondary N) is 1. The van der Waals surface area contributed by atoms with Crippen molar-refractivity contribution in [3.8, 4) is 0 Å². The van der Waals surface area contributed by atoms with Gasteiger partial charge in [-0.15, -0.1) is 24.0 Å². The highest BCUT2D eigenvalue weighted by molar-refractivity contribution is 14.0. The van der Waals surface area contributed by atoms with Crippen LogP contribution in [0.15, 0.2) is 29.3 Å². The molecule has 1 saturated heterocycles. The second kappa shape index (κ2) is 14.1. The Morgan fingerprint density at radius 2 is 1.86 bits per heavy atom. The summed E-state index contributed by atoms with van der Waals surface area (Å²) in [6.45, 7) is 13.7. The smallest absolute Gasteiger partial charge is 0.193 e. The highest BCUT2D eigenvalue weighted by Gasteiger charge is 2.14. The molecule has 1 heterocycles. The van der Waals surface area contributed by atoms with Crippen molar-refractivity contribution < 1.29 is 4.39 Å². The van der Waals surface area contributed by atoms with Gasteiger partial charge >= 0.3 is 0 Å². The van der Waals surface area contributed by atoms with Crippen LogP contribution in [0.2, 0.25) is 0 Å². The highest BCUT2D eigenvalue weighted by atomic mass is 127. The average Bonchev–Trinajstić information content (AvgIpc) is 2.67. The normalized spacial score (nSPS) is 15.9. The van der Waals surface area contributed by atoms with E-state index in [0.29, 0.717) is 6.54 Å². The number of nitrogens with zero attached hydrogens (tertiary/aromatic N) is 4. The van der Waals surface area contributed by atoms with Gasteiger partial charge in [-0.1, -0.05) is 19.1 Å². The summed E-state index contributed by atoms with van der Waals surface area (Å²) < 4.78 is 13.4. The summed E-state index contributed by atoms with van der Waals surface area (Å²) in [4.78, 5) is 11.9. The van der Waals surface area contributed by atoms with Crippen molar-refractivity contribution in [1.29, 1.82) is 0 Å². The predicted molar refractivity (Wildman–Crippen MR) is 127 cm³/mol. The minimum atomic E-state index is -0.192. The highest BCUT2D eigenvalue weighted by Crippen LogP contribution is 2.07. The molecule has 1 aliphatic rings. The van der Waals surface area contributed by atoms with Crippen LogP contribution < -0.4 is 5.32 Å². The van der Waals surface area contributed by atoms with Gasteiger partial charge in [-0.2, -0.15) is 0 Å². The second-order valence-electron chi connectivity index (χ2n) is 7.20. The lowest BCUT2D eigenvalue weighted by Gasteiger charge is -2.33. The fourth-order valence-corrected chi connectivity index (χ4v) is 3.42. The van der Waals surface area contributed by atoms with Crippen LogP contribution in [0.3, 0.4) is 0 Å². The number of likely N-dealkylation sites (N-methyl/N-ethyl adjacent to an activating group) is 1. The number of halogens is 2. The van der Waals surface area contributed by atoms with Crippen molar-refractivity contribution in [3.63, 3.8) is 0 Å². The predicted octanol–water partition coefficient (Wildman–Crippen LogP) is 3.26. The van der Waals surface area contributed by atoms with Gasteiger partial charge in [-0.3, -0.25) is 4.99 Å². The van der Waals surface area contributed by atoms with Gasteiger partial charge in [-0.05, 0) is 50.6 Å². The molecule has 1 aromatic rings. The Labute approximate surface area is 187 Å². The fourth-order valence-electron chi connectivity index (χ4n) is 3.42. The number of benzene rings is 1. The van der Waals surface area contributed by atoms with Crippen LogP contribution in [-0.2, 0) is 6.54 Å². The zero-order valence-corrected chi connectivity index (χ0v) is 20.0. The zero-order chi connectivity index (χ0) is 19.5. The Bertz CT molecular complexity index is 576. The van der Waals surface area contributed by atoms with E-state index in [9.17, 15) is 4.39 Å². The summed E-state index contributed by atoms with van der Waals surface area (Å²) in [6, 6.07) is 6.76. The standard InChI is InChI=1S/C21H36FN5.HI/c1-4-23-21(25(3)18-19-9-8-10-20(22)17-19)24-11-6-7-12-27-15-13-26(5-2)14-16-27;/h8-10,17H,4-7,11-16,18H2,1-3H3,(H,23,24);1H. The van der Waals surface area contributed by atoms with E-state index in [4.69, 9.17) is 4.99 Å². The molecule has 0 saturated carbocycles. The van der Waals surface area contributed by atoms with Crippen molar-refractivity contribution in [2.24, 2.45) is 4.99 Å². The Balaban J connectivity index is 0.00000392. The molecular formula is C21H37FIN5. The maximum atomic E-state index is 13.4. The molecule has 5 nitrogen and oxygen atoms in total. The van der Waals surface area contributed by atoms with Crippen LogP contribution in [0, 0.1) is 5.82 Å². The summed E-state index contributed by atoms with van der Waals surface area (Å²) in [6.07, 6.45) is 2.28. The molecule has 0 bridgehead atoms. The summed E-state index contributed by atoms with van der Waals surface area (Å²) >= 11 is 0. The van der Waals surface area contributed by atoms with Crippen LogP contribution in [0.5, 0.6) is 0 Å². The minimum Gasteiger partial charge on any atom is -0.357 e. The van der Waals surface area contributed by atoms with E-state index < -0.39 is 0 Å². The Morgan fingerprint density at radius 3 is 2.50 bits per heavy atom. The topological polar surface area (TPSA) is 34.1 Å². The van der Waals surface area contributed by atoms with Gasteiger partial charge in [0.05, 0.1) is 0 Å². The number of guanidine groups is 1. The average molecular weight is 505 g/mol. The quantitative estimate of drug-likeness (QED) is 0.242. The number of hydrogen-bond acceptors (Lipinski definition) is 3. The van der Waals surface area contributed by atoms with E-state index >= 15 is 0 Å². The first kappa shape index (κ1) is 25.1. The Kier molecular flexibility index (Phi) is 12.7. The maximum absolute atomic E-state index is 13.4. The lowest BCUT2D eigenvalue weighted by Crippen LogP contribution is -2.46. The molecule has 0 unspecified atom stereocenters. The van der Waals surface area contributed by atoms with Gasteiger partial charge in [0, 0.05) is 52.9 Å². The van der Waals surface area contributed by atoms with E-state index in [1.165, 1.54) is 51.8 Å². The van der Waals surface area contributed by atoms with Gasteiger partial charge in [0.1, 0.15) is 5.82 Å². The van der Waals surface area contributed by atoms with Crippen molar-refractivity contribution in [2.45, 2.75) is 33.2 Å². The Morgan fingerprint density at radius 1 is 1.14 bits per heavy atom. The number of hydrogen-bond donors (Lipinski definition) is 1. The van der Waals surface area contributed by atoms with E-state index in [0.717, 1.165) is 31.0 Å². The second-order valence-corrected chi connectivity index (χ2v) is 7.20. The van der Waals surface area contributed by atoms with E-state index in [1.807, 2.05) is 13.1 Å². The molecule has 1 N–H and O–H groups in total. The molecule has 0 aromatic heterocycles. The Hall–Kier alpha value is -0.930. The third kappa shape index (κ3) is 9.05. The van der Waals surface area contributed by atoms with Crippen LogP contribution in [-0.4, -0.2) is 80.1 Å². The first-order chi connectivity index (χ1) is 13.1. The monoisotopic (exact) mass is 505 g/mol. The molecule has 0 spiro atoms. The van der Waals surface area contributed by atoms with E-state index in [-0.39, 0.29) is 29.8 Å². The van der Waals surface area contributed by atoms with Crippen molar-refractivity contribution in [3.05, 3.63) is 35.6 Å².